The molecule has 0 spiro atoms. The van der Waals surface area contributed by atoms with E-state index in [1.165, 1.54) is 11.1 Å². The van der Waals surface area contributed by atoms with Gasteiger partial charge in [-0.15, -0.1) is 0 Å². The standard InChI is InChI=1S/C11H17NO/c1-9-5-6-10(4-3-7-12)11(8-9)13-2/h5-6,8H,3-4,7,12H2,1-2H3. The number of methoxy groups -OCH3 is 1. The van der Waals surface area contributed by atoms with E-state index in [-0.39, 0.29) is 0 Å². The van der Waals surface area contributed by atoms with Gasteiger partial charge in [0.25, 0.3) is 0 Å². The summed E-state index contributed by atoms with van der Waals surface area (Å²) in [5, 5.41) is 0. The Labute approximate surface area is 79.7 Å². The van der Waals surface area contributed by atoms with Crippen molar-refractivity contribution >= 4 is 0 Å². The molecule has 0 atom stereocenters. The summed E-state index contributed by atoms with van der Waals surface area (Å²) in [6.07, 6.45) is 2.01. The van der Waals surface area contributed by atoms with E-state index >= 15 is 0 Å². The molecule has 72 valence electrons. The van der Waals surface area contributed by atoms with Gasteiger partial charge in [-0.1, -0.05) is 12.1 Å². The molecular formula is C11H17NO. The molecule has 2 heteroatoms. The van der Waals surface area contributed by atoms with Gasteiger partial charge < -0.3 is 10.5 Å². The third kappa shape index (κ3) is 2.74. The van der Waals surface area contributed by atoms with E-state index in [1.54, 1.807) is 7.11 Å². The van der Waals surface area contributed by atoms with Crippen LogP contribution in [0.1, 0.15) is 17.5 Å². The average molecular weight is 179 g/mol. The Morgan fingerprint density at radius 3 is 2.77 bits per heavy atom. The van der Waals surface area contributed by atoms with E-state index in [1.807, 2.05) is 0 Å². The maximum absolute atomic E-state index is 5.46. The van der Waals surface area contributed by atoms with Crippen LogP contribution in [-0.4, -0.2) is 13.7 Å². The van der Waals surface area contributed by atoms with Crippen LogP contribution in [-0.2, 0) is 6.42 Å². The Hall–Kier alpha value is -1.02. The van der Waals surface area contributed by atoms with Gasteiger partial charge in [0.2, 0.25) is 0 Å². The number of rotatable bonds is 4. The molecule has 0 aliphatic rings. The van der Waals surface area contributed by atoms with E-state index in [4.69, 9.17) is 10.5 Å². The third-order valence-electron chi connectivity index (χ3n) is 2.09. The van der Waals surface area contributed by atoms with Crippen molar-refractivity contribution in [3.8, 4) is 5.75 Å². The minimum Gasteiger partial charge on any atom is -0.496 e. The number of aryl methyl sites for hydroxylation is 2. The van der Waals surface area contributed by atoms with Gasteiger partial charge in [-0.3, -0.25) is 0 Å². The Balaban J connectivity index is 2.79. The summed E-state index contributed by atoms with van der Waals surface area (Å²) >= 11 is 0. The zero-order valence-corrected chi connectivity index (χ0v) is 8.34. The van der Waals surface area contributed by atoms with Crippen molar-refractivity contribution in [2.75, 3.05) is 13.7 Å². The first kappa shape index (κ1) is 10.1. The maximum Gasteiger partial charge on any atom is 0.122 e. The van der Waals surface area contributed by atoms with Gasteiger partial charge in [0, 0.05) is 0 Å². The van der Waals surface area contributed by atoms with Crippen LogP contribution in [0.4, 0.5) is 0 Å². The molecule has 0 heterocycles. The van der Waals surface area contributed by atoms with Crippen LogP contribution >= 0.6 is 0 Å². The molecule has 0 amide bonds. The third-order valence-corrected chi connectivity index (χ3v) is 2.09. The number of benzene rings is 1. The largest absolute Gasteiger partial charge is 0.496 e. The lowest BCUT2D eigenvalue weighted by Crippen LogP contribution is -2.01. The molecule has 0 saturated carbocycles. The molecule has 0 aliphatic carbocycles. The summed E-state index contributed by atoms with van der Waals surface area (Å²) in [5.41, 5.74) is 7.94. The number of hydrogen-bond acceptors (Lipinski definition) is 2. The molecule has 1 aromatic carbocycles. The molecule has 2 nitrogen and oxygen atoms in total. The van der Waals surface area contributed by atoms with Crippen molar-refractivity contribution in [2.45, 2.75) is 19.8 Å². The lowest BCUT2D eigenvalue weighted by molar-refractivity contribution is 0.409. The number of ether oxygens (including phenoxy) is 1. The fourth-order valence-corrected chi connectivity index (χ4v) is 1.35. The molecule has 0 saturated heterocycles. The predicted molar refractivity (Wildman–Crippen MR) is 55.1 cm³/mol. The highest BCUT2D eigenvalue weighted by Crippen LogP contribution is 2.20. The van der Waals surface area contributed by atoms with Gasteiger partial charge in [-0.05, 0) is 43.5 Å². The van der Waals surface area contributed by atoms with Crippen molar-refractivity contribution in [1.29, 1.82) is 0 Å². The molecular weight excluding hydrogens is 162 g/mol. The van der Waals surface area contributed by atoms with Gasteiger partial charge in [-0.25, -0.2) is 0 Å². The molecule has 2 N–H and O–H groups in total. The average Bonchev–Trinajstić information content (AvgIpc) is 2.16. The summed E-state index contributed by atoms with van der Waals surface area (Å²) in [5.74, 6) is 0.980. The van der Waals surface area contributed by atoms with Crippen molar-refractivity contribution < 1.29 is 4.74 Å². The highest BCUT2D eigenvalue weighted by Gasteiger charge is 2.01. The zero-order chi connectivity index (χ0) is 9.68. The minimum atomic E-state index is 0.733. The second-order valence-electron chi connectivity index (χ2n) is 3.21. The van der Waals surface area contributed by atoms with E-state index in [0.717, 1.165) is 25.1 Å². The normalized spacial score (nSPS) is 10.1. The molecule has 0 aliphatic heterocycles. The van der Waals surface area contributed by atoms with Gasteiger partial charge in [0.15, 0.2) is 0 Å². The Morgan fingerprint density at radius 1 is 1.38 bits per heavy atom. The first-order valence-electron chi connectivity index (χ1n) is 4.61. The summed E-state index contributed by atoms with van der Waals surface area (Å²) in [4.78, 5) is 0. The fourth-order valence-electron chi connectivity index (χ4n) is 1.35. The monoisotopic (exact) mass is 179 g/mol. The SMILES string of the molecule is COc1cc(C)ccc1CCCN. The van der Waals surface area contributed by atoms with E-state index in [2.05, 4.69) is 25.1 Å². The van der Waals surface area contributed by atoms with Gasteiger partial charge in [-0.2, -0.15) is 0 Å². The van der Waals surface area contributed by atoms with E-state index in [9.17, 15) is 0 Å². The topological polar surface area (TPSA) is 35.2 Å². The highest BCUT2D eigenvalue weighted by molar-refractivity contribution is 5.37. The second-order valence-corrected chi connectivity index (χ2v) is 3.21. The quantitative estimate of drug-likeness (QED) is 0.766. The number of nitrogens with two attached hydrogens (primary N) is 1. The molecule has 0 aromatic heterocycles. The van der Waals surface area contributed by atoms with Gasteiger partial charge in [0.1, 0.15) is 5.75 Å². The summed E-state index contributed by atoms with van der Waals surface area (Å²) in [6.45, 7) is 2.80. The Bertz CT molecular complexity index is 271. The van der Waals surface area contributed by atoms with E-state index < -0.39 is 0 Å². The van der Waals surface area contributed by atoms with Crippen molar-refractivity contribution in [1.82, 2.24) is 0 Å². The first-order chi connectivity index (χ1) is 6.27. The smallest absolute Gasteiger partial charge is 0.122 e. The van der Waals surface area contributed by atoms with Crippen molar-refractivity contribution in [2.24, 2.45) is 5.73 Å². The Kier molecular flexibility index (Phi) is 3.77. The number of hydrogen-bond donors (Lipinski definition) is 1. The second kappa shape index (κ2) is 4.87. The molecule has 0 radical (unpaired) electrons. The van der Waals surface area contributed by atoms with Crippen LogP contribution in [0.5, 0.6) is 5.75 Å². The first-order valence-corrected chi connectivity index (χ1v) is 4.61. The van der Waals surface area contributed by atoms with Crippen LogP contribution < -0.4 is 10.5 Å². The van der Waals surface area contributed by atoms with Gasteiger partial charge >= 0.3 is 0 Å². The molecule has 1 aromatic rings. The van der Waals surface area contributed by atoms with Gasteiger partial charge in [0.05, 0.1) is 7.11 Å². The van der Waals surface area contributed by atoms with Crippen molar-refractivity contribution in [3.05, 3.63) is 29.3 Å². The zero-order valence-electron chi connectivity index (χ0n) is 8.34. The molecule has 13 heavy (non-hydrogen) atoms. The van der Waals surface area contributed by atoms with Crippen molar-refractivity contribution in [3.63, 3.8) is 0 Å². The molecule has 0 fully saturated rings. The van der Waals surface area contributed by atoms with Crippen LogP contribution in [0.3, 0.4) is 0 Å². The molecule has 1 rings (SSSR count). The Morgan fingerprint density at radius 2 is 2.15 bits per heavy atom. The van der Waals surface area contributed by atoms with Crippen LogP contribution in [0.2, 0.25) is 0 Å². The minimum absolute atomic E-state index is 0.733. The maximum atomic E-state index is 5.46. The van der Waals surface area contributed by atoms with Crippen LogP contribution in [0.15, 0.2) is 18.2 Å². The summed E-state index contributed by atoms with van der Waals surface area (Å²) in [6, 6.07) is 6.28. The summed E-state index contributed by atoms with van der Waals surface area (Å²) in [7, 11) is 1.71. The predicted octanol–water partition coefficient (Wildman–Crippen LogP) is 1.89. The molecule has 0 bridgehead atoms. The lowest BCUT2D eigenvalue weighted by Gasteiger charge is -2.08. The van der Waals surface area contributed by atoms with Crippen LogP contribution in [0.25, 0.3) is 0 Å². The molecule has 0 unspecified atom stereocenters. The van der Waals surface area contributed by atoms with Crippen LogP contribution in [0, 0.1) is 6.92 Å². The summed E-state index contributed by atoms with van der Waals surface area (Å²) < 4.78 is 5.28. The fraction of sp³-hybridized carbons (Fsp3) is 0.455. The lowest BCUT2D eigenvalue weighted by atomic mass is 10.1. The van der Waals surface area contributed by atoms with E-state index in [0.29, 0.717) is 0 Å². The highest BCUT2D eigenvalue weighted by atomic mass is 16.5.